The molecule has 0 fully saturated rings. The zero-order chi connectivity index (χ0) is 10.6. The highest BCUT2D eigenvalue weighted by Gasteiger charge is 2.14. The van der Waals surface area contributed by atoms with Gasteiger partial charge in [0, 0.05) is 12.0 Å². The van der Waals surface area contributed by atoms with Gasteiger partial charge in [-0.05, 0) is 6.07 Å². The molecule has 0 aliphatic rings. The van der Waals surface area contributed by atoms with E-state index in [1.807, 2.05) is 0 Å². The summed E-state index contributed by atoms with van der Waals surface area (Å²) >= 11 is 0. The Kier molecular flexibility index (Phi) is 3.36. The van der Waals surface area contributed by atoms with Crippen molar-refractivity contribution in [2.24, 2.45) is 0 Å². The molecule has 0 radical (unpaired) electrons. The quantitative estimate of drug-likeness (QED) is 0.700. The van der Waals surface area contributed by atoms with Crippen LogP contribution in [-0.4, -0.2) is 28.6 Å². The number of hydrogen-bond acceptors (Lipinski definition) is 3. The minimum Gasteiger partial charge on any atom is -0.478 e. The highest BCUT2D eigenvalue weighted by atomic mass is 16.4. The van der Waals surface area contributed by atoms with Crippen LogP contribution in [0.2, 0.25) is 0 Å². The number of carbonyl (C=O) groups excluding carboxylic acids is 1. The van der Waals surface area contributed by atoms with Crippen LogP contribution in [0.4, 0.5) is 0 Å². The Balaban J connectivity index is 3.07. The minimum atomic E-state index is -1.13. The van der Waals surface area contributed by atoms with Gasteiger partial charge < -0.3 is 10.2 Å². The summed E-state index contributed by atoms with van der Waals surface area (Å²) < 4.78 is 0. The third-order valence-corrected chi connectivity index (χ3v) is 1.80. The monoisotopic (exact) mass is 194 g/mol. The Bertz CT molecular complexity index is 357. The first-order chi connectivity index (χ1) is 6.66. The van der Waals surface area contributed by atoms with Gasteiger partial charge in [0.15, 0.2) is 5.78 Å². The van der Waals surface area contributed by atoms with Crippen molar-refractivity contribution in [3.8, 4) is 0 Å². The van der Waals surface area contributed by atoms with Gasteiger partial charge in [0.1, 0.15) is 0 Å². The van der Waals surface area contributed by atoms with E-state index in [9.17, 15) is 9.59 Å². The predicted molar refractivity (Wildman–Crippen MR) is 49.4 cm³/mol. The molecular formula is C10H10O4. The van der Waals surface area contributed by atoms with E-state index in [2.05, 4.69) is 0 Å². The molecule has 0 amide bonds. The lowest BCUT2D eigenvalue weighted by atomic mass is 10.0. The maximum atomic E-state index is 11.3. The number of Topliss-reactive ketones (excluding diaryl/α,β-unsaturated/α-hetero) is 1. The van der Waals surface area contributed by atoms with Crippen LogP contribution < -0.4 is 0 Å². The first-order valence-electron chi connectivity index (χ1n) is 4.13. The molecule has 0 aliphatic carbocycles. The SMILES string of the molecule is O=C(O)c1ccccc1C(=O)CCO. The third kappa shape index (κ3) is 2.17. The van der Waals surface area contributed by atoms with Crippen molar-refractivity contribution in [1.29, 1.82) is 0 Å². The first-order valence-corrected chi connectivity index (χ1v) is 4.13. The van der Waals surface area contributed by atoms with Crippen molar-refractivity contribution in [1.82, 2.24) is 0 Å². The summed E-state index contributed by atoms with van der Waals surface area (Å²) in [5, 5.41) is 17.3. The molecule has 0 atom stereocenters. The molecule has 1 aromatic rings. The second-order valence-electron chi connectivity index (χ2n) is 2.75. The zero-order valence-electron chi connectivity index (χ0n) is 7.43. The molecule has 0 heterocycles. The normalized spacial score (nSPS) is 9.79. The summed E-state index contributed by atoms with van der Waals surface area (Å²) in [7, 11) is 0. The maximum absolute atomic E-state index is 11.3. The Labute approximate surface area is 80.8 Å². The topological polar surface area (TPSA) is 74.6 Å². The van der Waals surface area contributed by atoms with Gasteiger partial charge in [0.2, 0.25) is 0 Å². The van der Waals surface area contributed by atoms with Gasteiger partial charge in [0.25, 0.3) is 0 Å². The third-order valence-electron chi connectivity index (χ3n) is 1.80. The van der Waals surface area contributed by atoms with E-state index in [-0.39, 0.29) is 29.9 Å². The standard InChI is InChI=1S/C10H10O4/c11-6-5-9(12)7-3-1-2-4-8(7)10(13)14/h1-4,11H,5-6H2,(H,13,14). The van der Waals surface area contributed by atoms with E-state index in [1.54, 1.807) is 12.1 Å². The molecule has 0 bridgehead atoms. The molecular weight excluding hydrogens is 184 g/mol. The number of rotatable bonds is 4. The Morgan fingerprint density at radius 2 is 1.71 bits per heavy atom. The van der Waals surface area contributed by atoms with Crippen LogP contribution in [0.25, 0.3) is 0 Å². The van der Waals surface area contributed by atoms with Crippen molar-refractivity contribution < 1.29 is 19.8 Å². The number of aliphatic hydroxyl groups excluding tert-OH is 1. The lowest BCUT2D eigenvalue weighted by Gasteiger charge is -2.02. The lowest BCUT2D eigenvalue weighted by molar-refractivity contribution is 0.0691. The predicted octanol–water partition coefficient (Wildman–Crippen LogP) is 0.950. The Hall–Kier alpha value is -1.68. The van der Waals surface area contributed by atoms with Crippen molar-refractivity contribution in [2.75, 3.05) is 6.61 Å². The largest absolute Gasteiger partial charge is 0.478 e. The van der Waals surface area contributed by atoms with Crippen LogP contribution in [0.5, 0.6) is 0 Å². The number of benzene rings is 1. The number of aliphatic hydroxyl groups is 1. The number of carboxylic acids is 1. The number of ketones is 1. The summed E-state index contributed by atoms with van der Waals surface area (Å²) in [6.07, 6.45) is -0.0513. The molecule has 0 saturated heterocycles. The van der Waals surface area contributed by atoms with Gasteiger partial charge in [-0.15, -0.1) is 0 Å². The van der Waals surface area contributed by atoms with Gasteiger partial charge in [-0.2, -0.15) is 0 Å². The molecule has 4 nitrogen and oxygen atoms in total. The summed E-state index contributed by atoms with van der Waals surface area (Å²) in [6.45, 7) is -0.271. The average Bonchev–Trinajstić information content (AvgIpc) is 2.18. The van der Waals surface area contributed by atoms with E-state index < -0.39 is 5.97 Å². The number of aromatic carboxylic acids is 1. The van der Waals surface area contributed by atoms with Crippen LogP contribution in [0, 0.1) is 0 Å². The van der Waals surface area contributed by atoms with E-state index in [0.717, 1.165) is 0 Å². The van der Waals surface area contributed by atoms with Gasteiger partial charge in [-0.25, -0.2) is 4.79 Å². The molecule has 74 valence electrons. The van der Waals surface area contributed by atoms with E-state index in [0.29, 0.717) is 0 Å². The molecule has 0 spiro atoms. The molecule has 0 aromatic heterocycles. The summed E-state index contributed by atoms with van der Waals surface area (Å²) in [6, 6.07) is 5.96. The van der Waals surface area contributed by atoms with Gasteiger partial charge in [-0.3, -0.25) is 4.79 Å². The van der Waals surface area contributed by atoms with E-state index >= 15 is 0 Å². The highest BCUT2D eigenvalue weighted by Crippen LogP contribution is 2.10. The summed E-state index contributed by atoms with van der Waals surface area (Å²) in [5.41, 5.74) is 0.125. The van der Waals surface area contributed by atoms with Gasteiger partial charge in [-0.1, -0.05) is 18.2 Å². The fourth-order valence-corrected chi connectivity index (χ4v) is 1.15. The number of carbonyl (C=O) groups is 2. The Morgan fingerprint density at radius 3 is 2.21 bits per heavy atom. The first kappa shape index (κ1) is 10.4. The molecule has 0 aliphatic heterocycles. The van der Waals surface area contributed by atoms with Crippen LogP contribution in [0.3, 0.4) is 0 Å². The molecule has 0 unspecified atom stereocenters. The average molecular weight is 194 g/mol. The summed E-state index contributed by atoms with van der Waals surface area (Å²) in [4.78, 5) is 22.1. The maximum Gasteiger partial charge on any atom is 0.336 e. The highest BCUT2D eigenvalue weighted by molar-refractivity contribution is 6.05. The van der Waals surface area contributed by atoms with E-state index in [1.165, 1.54) is 12.1 Å². The van der Waals surface area contributed by atoms with Crippen LogP contribution in [0.15, 0.2) is 24.3 Å². The number of carboxylic acid groups (broad SMARTS) is 1. The zero-order valence-corrected chi connectivity index (χ0v) is 7.43. The molecule has 1 aromatic carbocycles. The van der Waals surface area contributed by atoms with Crippen molar-refractivity contribution in [3.63, 3.8) is 0 Å². The fraction of sp³-hybridized carbons (Fsp3) is 0.200. The fourth-order valence-electron chi connectivity index (χ4n) is 1.15. The smallest absolute Gasteiger partial charge is 0.336 e. The second kappa shape index (κ2) is 4.53. The van der Waals surface area contributed by atoms with E-state index in [4.69, 9.17) is 10.2 Å². The van der Waals surface area contributed by atoms with Crippen LogP contribution in [0.1, 0.15) is 27.1 Å². The van der Waals surface area contributed by atoms with Gasteiger partial charge in [0.05, 0.1) is 12.2 Å². The minimum absolute atomic E-state index is 0.0223. The lowest BCUT2D eigenvalue weighted by Crippen LogP contribution is -2.09. The van der Waals surface area contributed by atoms with Gasteiger partial charge >= 0.3 is 5.97 Å². The molecule has 4 heteroatoms. The van der Waals surface area contributed by atoms with Crippen molar-refractivity contribution in [2.45, 2.75) is 6.42 Å². The number of hydrogen-bond donors (Lipinski definition) is 2. The van der Waals surface area contributed by atoms with Crippen molar-refractivity contribution >= 4 is 11.8 Å². The second-order valence-corrected chi connectivity index (χ2v) is 2.75. The van der Waals surface area contributed by atoms with Crippen molar-refractivity contribution in [3.05, 3.63) is 35.4 Å². The summed E-state index contributed by atoms with van der Waals surface area (Å²) in [5.74, 6) is -1.49. The van der Waals surface area contributed by atoms with Crippen LogP contribution in [-0.2, 0) is 0 Å². The molecule has 1 rings (SSSR count). The molecule has 0 saturated carbocycles. The molecule has 2 N–H and O–H groups in total. The Morgan fingerprint density at radius 1 is 1.14 bits per heavy atom. The molecule has 14 heavy (non-hydrogen) atoms. The van der Waals surface area contributed by atoms with Crippen LogP contribution >= 0.6 is 0 Å².